The lowest BCUT2D eigenvalue weighted by Gasteiger charge is -1.95. The maximum Gasteiger partial charge on any atom is 0.335 e. The van der Waals surface area contributed by atoms with Crippen LogP contribution >= 0.6 is 11.3 Å². The Morgan fingerprint density at radius 1 is 1.25 bits per heavy atom. The Balaban J connectivity index is 1.80. The van der Waals surface area contributed by atoms with Gasteiger partial charge in [-0.1, -0.05) is 17.3 Å². The Labute approximate surface area is 118 Å². The second-order valence-corrected chi connectivity index (χ2v) is 4.98. The summed E-state index contributed by atoms with van der Waals surface area (Å²) in [5, 5.41) is 16.8. The molecule has 1 N–H and O–H groups in total. The van der Waals surface area contributed by atoms with Gasteiger partial charge in [0.05, 0.1) is 12.0 Å². The van der Waals surface area contributed by atoms with Crippen LogP contribution < -0.4 is 0 Å². The fraction of sp³-hybridized carbons (Fsp3) is 0.0714. The summed E-state index contributed by atoms with van der Waals surface area (Å²) in [7, 11) is 0. The van der Waals surface area contributed by atoms with Crippen molar-refractivity contribution in [3.05, 3.63) is 58.1 Å². The number of aromatic carboxylic acids is 1. The predicted molar refractivity (Wildman–Crippen MR) is 73.8 cm³/mol. The number of carboxylic acids is 1. The molecule has 5 nitrogen and oxygen atoms in total. The lowest BCUT2D eigenvalue weighted by Crippen LogP contribution is -1.95. The van der Waals surface area contributed by atoms with E-state index in [-0.39, 0.29) is 5.56 Å². The number of aromatic nitrogens is 2. The Bertz CT molecular complexity index is 717. The van der Waals surface area contributed by atoms with E-state index in [4.69, 9.17) is 9.63 Å². The number of hydrogen-bond donors (Lipinski definition) is 1. The standard InChI is InChI=1S/C14H10N2O3S/c17-14(18)11-3-1-10(2-4-11)13-15-12(19-16-13)7-9-5-6-20-8-9/h1-6,8H,7H2,(H,17,18). The van der Waals surface area contributed by atoms with Gasteiger partial charge in [-0.2, -0.15) is 16.3 Å². The summed E-state index contributed by atoms with van der Waals surface area (Å²) in [6.45, 7) is 0. The molecule has 0 radical (unpaired) electrons. The Kier molecular flexibility index (Phi) is 3.30. The van der Waals surface area contributed by atoms with Crippen LogP contribution in [0.2, 0.25) is 0 Å². The summed E-state index contributed by atoms with van der Waals surface area (Å²) < 4.78 is 5.20. The van der Waals surface area contributed by atoms with Gasteiger partial charge in [-0.15, -0.1) is 0 Å². The summed E-state index contributed by atoms with van der Waals surface area (Å²) in [4.78, 5) is 15.1. The molecule has 2 heterocycles. The molecule has 0 spiro atoms. The third-order valence-electron chi connectivity index (χ3n) is 2.79. The van der Waals surface area contributed by atoms with Gasteiger partial charge >= 0.3 is 5.97 Å². The summed E-state index contributed by atoms with van der Waals surface area (Å²) in [5.41, 5.74) is 2.09. The normalized spacial score (nSPS) is 10.6. The molecule has 2 aromatic heterocycles. The molecule has 3 rings (SSSR count). The van der Waals surface area contributed by atoms with Gasteiger partial charge in [-0.3, -0.25) is 0 Å². The average Bonchev–Trinajstić information content (AvgIpc) is 3.11. The number of hydrogen-bond acceptors (Lipinski definition) is 5. The van der Waals surface area contributed by atoms with E-state index >= 15 is 0 Å². The molecule has 0 fully saturated rings. The van der Waals surface area contributed by atoms with Crippen LogP contribution in [0.3, 0.4) is 0 Å². The maximum atomic E-state index is 10.8. The number of carbonyl (C=O) groups is 1. The molecule has 0 bridgehead atoms. The average molecular weight is 286 g/mol. The van der Waals surface area contributed by atoms with Crippen molar-refractivity contribution in [1.29, 1.82) is 0 Å². The SMILES string of the molecule is O=C(O)c1ccc(-c2noc(Cc3ccsc3)n2)cc1. The zero-order valence-electron chi connectivity index (χ0n) is 10.3. The van der Waals surface area contributed by atoms with Gasteiger partial charge in [0.15, 0.2) is 0 Å². The first-order valence-electron chi connectivity index (χ1n) is 5.90. The van der Waals surface area contributed by atoms with Crippen molar-refractivity contribution in [2.45, 2.75) is 6.42 Å². The molecule has 3 aromatic rings. The van der Waals surface area contributed by atoms with Crippen LogP contribution in [0.25, 0.3) is 11.4 Å². The molecule has 6 heteroatoms. The van der Waals surface area contributed by atoms with Crippen LogP contribution in [0.15, 0.2) is 45.6 Å². The van der Waals surface area contributed by atoms with Crippen molar-refractivity contribution in [2.24, 2.45) is 0 Å². The van der Waals surface area contributed by atoms with E-state index in [0.29, 0.717) is 18.1 Å². The molecule has 100 valence electrons. The van der Waals surface area contributed by atoms with Gasteiger partial charge in [0.2, 0.25) is 11.7 Å². The number of rotatable bonds is 4. The van der Waals surface area contributed by atoms with E-state index < -0.39 is 5.97 Å². The Morgan fingerprint density at radius 3 is 2.70 bits per heavy atom. The van der Waals surface area contributed by atoms with E-state index in [1.807, 2.05) is 16.8 Å². The molecule has 0 atom stereocenters. The van der Waals surface area contributed by atoms with Crippen LogP contribution in [-0.2, 0) is 6.42 Å². The van der Waals surface area contributed by atoms with Crippen molar-refractivity contribution in [2.75, 3.05) is 0 Å². The Hall–Kier alpha value is -2.47. The van der Waals surface area contributed by atoms with Crippen LogP contribution in [-0.4, -0.2) is 21.2 Å². The number of nitrogens with zero attached hydrogens (tertiary/aromatic N) is 2. The van der Waals surface area contributed by atoms with E-state index in [2.05, 4.69) is 10.1 Å². The quantitative estimate of drug-likeness (QED) is 0.797. The fourth-order valence-electron chi connectivity index (χ4n) is 1.77. The van der Waals surface area contributed by atoms with E-state index in [0.717, 1.165) is 11.1 Å². The first-order valence-corrected chi connectivity index (χ1v) is 6.84. The van der Waals surface area contributed by atoms with Crippen LogP contribution in [0.4, 0.5) is 0 Å². The van der Waals surface area contributed by atoms with Gasteiger partial charge in [0.1, 0.15) is 0 Å². The monoisotopic (exact) mass is 286 g/mol. The van der Waals surface area contributed by atoms with Gasteiger partial charge in [0, 0.05) is 5.56 Å². The molecule has 0 unspecified atom stereocenters. The van der Waals surface area contributed by atoms with Crippen LogP contribution in [0.5, 0.6) is 0 Å². The first kappa shape index (κ1) is 12.6. The highest BCUT2D eigenvalue weighted by Gasteiger charge is 2.10. The molecular weight excluding hydrogens is 276 g/mol. The number of benzene rings is 1. The van der Waals surface area contributed by atoms with Gasteiger partial charge in [-0.05, 0) is 34.5 Å². The molecule has 0 aliphatic carbocycles. The molecule has 0 saturated carbocycles. The second-order valence-electron chi connectivity index (χ2n) is 4.20. The van der Waals surface area contributed by atoms with Gasteiger partial charge in [0.25, 0.3) is 0 Å². The minimum Gasteiger partial charge on any atom is -0.478 e. The minimum atomic E-state index is -0.956. The lowest BCUT2D eigenvalue weighted by molar-refractivity contribution is 0.0697. The topological polar surface area (TPSA) is 76.2 Å². The molecule has 0 aliphatic heterocycles. The van der Waals surface area contributed by atoms with Gasteiger partial charge < -0.3 is 9.63 Å². The zero-order chi connectivity index (χ0) is 13.9. The highest BCUT2D eigenvalue weighted by molar-refractivity contribution is 7.07. The first-order chi connectivity index (χ1) is 9.72. The fourth-order valence-corrected chi connectivity index (χ4v) is 2.44. The molecule has 1 aromatic carbocycles. The largest absolute Gasteiger partial charge is 0.478 e. The molecule has 20 heavy (non-hydrogen) atoms. The summed E-state index contributed by atoms with van der Waals surface area (Å²) in [6.07, 6.45) is 0.601. The third kappa shape index (κ3) is 2.60. The molecule has 0 amide bonds. The summed E-state index contributed by atoms with van der Waals surface area (Å²) in [5.74, 6) is 0.0516. The van der Waals surface area contributed by atoms with Crippen molar-refractivity contribution in [1.82, 2.24) is 10.1 Å². The summed E-state index contributed by atoms with van der Waals surface area (Å²) in [6, 6.07) is 8.39. The van der Waals surface area contributed by atoms with E-state index in [1.165, 1.54) is 12.1 Å². The summed E-state index contributed by atoms with van der Waals surface area (Å²) >= 11 is 1.62. The molecule has 0 saturated heterocycles. The van der Waals surface area contributed by atoms with Crippen LogP contribution in [0.1, 0.15) is 21.8 Å². The lowest BCUT2D eigenvalue weighted by atomic mass is 10.1. The van der Waals surface area contributed by atoms with Crippen molar-refractivity contribution in [3.63, 3.8) is 0 Å². The Morgan fingerprint density at radius 2 is 2.05 bits per heavy atom. The minimum absolute atomic E-state index is 0.232. The van der Waals surface area contributed by atoms with E-state index in [1.54, 1.807) is 23.5 Å². The highest BCUT2D eigenvalue weighted by atomic mass is 32.1. The van der Waals surface area contributed by atoms with Crippen molar-refractivity contribution >= 4 is 17.3 Å². The van der Waals surface area contributed by atoms with Crippen molar-refractivity contribution < 1.29 is 14.4 Å². The second kappa shape index (κ2) is 5.26. The van der Waals surface area contributed by atoms with E-state index in [9.17, 15) is 4.79 Å². The van der Waals surface area contributed by atoms with Crippen molar-refractivity contribution in [3.8, 4) is 11.4 Å². The number of carboxylic acid groups (broad SMARTS) is 1. The number of thiophene rings is 1. The predicted octanol–water partition coefficient (Wildman–Crippen LogP) is 3.09. The highest BCUT2D eigenvalue weighted by Crippen LogP contribution is 2.18. The third-order valence-corrected chi connectivity index (χ3v) is 3.53. The zero-order valence-corrected chi connectivity index (χ0v) is 11.1. The smallest absolute Gasteiger partial charge is 0.335 e. The van der Waals surface area contributed by atoms with Crippen LogP contribution in [0, 0.1) is 0 Å². The maximum absolute atomic E-state index is 10.8. The molecule has 0 aliphatic rings. The molecular formula is C14H10N2O3S. The van der Waals surface area contributed by atoms with Gasteiger partial charge in [-0.25, -0.2) is 4.79 Å².